The van der Waals surface area contributed by atoms with Crippen molar-refractivity contribution in [2.75, 3.05) is 6.54 Å². The molecule has 0 aromatic rings. The zero-order valence-corrected chi connectivity index (χ0v) is 7.97. The molecule has 1 amide bonds. The standard InChI is InChI=1S/C9H12N4O/c1-7(2)5-12-3-4-13-6-10-11-8(13)9(12)14/h3-4,6,8,11H,1,5H2,2H3. The van der Waals surface area contributed by atoms with Gasteiger partial charge < -0.3 is 9.80 Å². The first-order chi connectivity index (χ1) is 6.68. The Bertz CT molecular complexity index is 334. The molecule has 2 rings (SSSR count). The summed E-state index contributed by atoms with van der Waals surface area (Å²) in [6.45, 7) is 6.23. The summed E-state index contributed by atoms with van der Waals surface area (Å²) in [6.07, 6.45) is 4.78. The Labute approximate surface area is 82.4 Å². The van der Waals surface area contributed by atoms with Crippen molar-refractivity contribution in [2.45, 2.75) is 13.1 Å². The summed E-state index contributed by atoms with van der Waals surface area (Å²) in [5.74, 6) is -0.00648. The van der Waals surface area contributed by atoms with Gasteiger partial charge in [0.25, 0.3) is 5.91 Å². The van der Waals surface area contributed by atoms with Gasteiger partial charge in [0.1, 0.15) is 6.34 Å². The molecule has 0 aromatic heterocycles. The van der Waals surface area contributed by atoms with Crippen LogP contribution in [0.1, 0.15) is 6.92 Å². The number of nitrogens with zero attached hydrogens (tertiary/aromatic N) is 3. The van der Waals surface area contributed by atoms with E-state index in [1.807, 2.05) is 13.1 Å². The van der Waals surface area contributed by atoms with E-state index >= 15 is 0 Å². The Balaban J connectivity index is 2.13. The van der Waals surface area contributed by atoms with Crippen molar-refractivity contribution in [2.24, 2.45) is 5.10 Å². The van der Waals surface area contributed by atoms with E-state index in [9.17, 15) is 4.79 Å². The molecular formula is C9H12N4O. The van der Waals surface area contributed by atoms with E-state index in [1.165, 1.54) is 0 Å². The van der Waals surface area contributed by atoms with Crippen molar-refractivity contribution < 1.29 is 4.79 Å². The van der Waals surface area contributed by atoms with Crippen LogP contribution in [0.25, 0.3) is 0 Å². The van der Waals surface area contributed by atoms with Gasteiger partial charge >= 0.3 is 0 Å². The number of rotatable bonds is 2. The molecule has 0 fully saturated rings. The first kappa shape index (κ1) is 8.80. The van der Waals surface area contributed by atoms with E-state index in [4.69, 9.17) is 0 Å². The minimum Gasteiger partial charge on any atom is -0.310 e. The predicted octanol–water partition coefficient (Wildman–Crippen LogP) is 0.0505. The molecule has 0 saturated heterocycles. The van der Waals surface area contributed by atoms with Crippen molar-refractivity contribution in [1.82, 2.24) is 15.2 Å². The summed E-state index contributed by atoms with van der Waals surface area (Å²) >= 11 is 0. The molecule has 2 aliphatic heterocycles. The van der Waals surface area contributed by atoms with Crippen LogP contribution in [0, 0.1) is 0 Å². The number of hydrogen-bond acceptors (Lipinski definition) is 4. The van der Waals surface area contributed by atoms with Gasteiger partial charge in [-0.15, -0.1) is 0 Å². The quantitative estimate of drug-likeness (QED) is 0.629. The van der Waals surface area contributed by atoms with Crippen molar-refractivity contribution >= 4 is 12.2 Å². The lowest BCUT2D eigenvalue weighted by atomic mass is 10.2. The second-order valence-electron chi connectivity index (χ2n) is 3.44. The molecule has 74 valence electrons. The predicted molar refractivity (Wildman–Crippen MR) is 52.9 cm³/mol. The zero-order valence-electron chi connectivity index (χ0n) is 7.97. The number of hydrogen-bond donors (Lipinski definition) is 1. The summed E-state index contributed by atoms with van der Waals surface area (Å²) in [4.78, 5) is 15.2. The monoisotopic (exact) mass is 192 g/mol. The first-order valence-electron chi connectivity index (χ1n) is 4.38. The molecule has 2 heterocycles. The number of carbonyl (C=O) groups excluding carboxylic acids is 1. The maximum Gasteiger partial charge on any atom is 0.272 e. The smallest absolute Gasteiger partial charge is 0.272 e. The van der Waals surface area contributed by atoms with Crippen LogP contribution in [0.3, 0.4) is 0 Å². The molecule has 14 heavy (non-hydrogen) atoms. The fourth-order valence-corrected chi connectivity index (χ4v) is 1.42. The Morgan fingerprint density at radius 3 is 3.21 bits per heavy atom. The fourth-order valence-electron chi connectivity index (χ4n) is 1.42. The molecule has 2 aliphatic rings. The van der Waals surface area contributed by atoms with Crippen LogP contribution in [0.15, 0.2) is 29.7 Å². The molecule has 1 atom stereocenters. The van der Waals surface area contributed by atoms with Crippen molar-refractivity contribution in [3.05, 3.63) is 24.6 Å². The maximum atomic E-state index is 11.8. The SMILES string of the molecule is C=C(C)CN1C=CN2C=NNC2C1=O. The summed E-state index contributed by atoms with van der Waals surface area (Å²) in [5.41, 5.74) is 3.69. The summed E-state index contributed by atoms with van der Waals surface area (Å²) in [7, 11) is 0. The van der Waals surface area contributed by atoms with Crippen LogP contribution in [0.2, 0.25) is 0 Å². The summed E-state index contributed by atoms with van der Waals surface area (Å²) < 4.78 is 0. The normalized spacial score (nSPS) is 23.8. The van der Waals surface area contributed by atoms with Crippen LogP contribution >= 0.6 is 0 Å². The molecule has 1 unspecified atom stereocenters. The Kier molecular flexibility index (Phi) is 1.99. The highest BCUT2D eigenvalue weighted by molar-refractivity contribution is 5.87. The first-order valence-corrected chi connectivity index (χ1v) is 4.38. The third kappa shape index (κ3) is 1.37. The molecule has 5 heteroatoms. The van der Waals surface area contributed by atoms with E-state index in [0.717, 1.165) is 5.57 Å². The van der Waals surface area contributed by atoms with Crippen LogP contribution < -0.4 is 5.43 Å². The van der Waals surface area contributed by atoms with E-state index in [-0.39, 0.29) is 12.1 Å². The minimum atomic E-state index is -0.376. The molecule has 0 aromatic carbocycles. The number of carbonyl (C=O) groups is 1. The number of hydrazone groups is 1. The van der Waals surface area contributed by atoms with Gasteiger partial charge in [-0.2, -0.15) is 5.10 Å². The lowest BCUT2D eigenvalue weighted by molar-refractivity contribution is -0.133. The lowest BCUT2D eigenvalue weighted by Crippen LogP contribution is -2.51. The van der Waals surface area contributed by atoms with Crippen molar-refractivity contribution in [3.8, 4) is 0 Å². The molecule has 0 bridgehead atoms. The molecule has 0 aliphatic carbocycles. The summed E-state index contributed by atoms with van der Waals surface area (Å²) in [6, 6.07) is 0. The number of fused-ring (bicyclic) bond motifs is 1. The molecule has 0 saturated carbocycles. The van der Waals surface area contributed by atoms with E-state index in [2.05, 4.69) is 17.1 Å². The van der Waals surface area contributed by atoms with Crippen LogP contribution in [-0.2, 0) is 4.79 Å². The molecular weight excluding hydrogens is 180 g/mol. The van der Waals surface area contributed by atoms with Crippen molar-refractivity contribution in [3.63, 3.8) is 0 Å². The largest absolute Gasteiger partial charge is 0.310 e. The molecule has 5 nitrogen and oxygen atoms in total. The minimum absolute atomic E-state index is 0.00648. The van der Waals surface area contributed by atoms with Gasteiger partial charge in [-0.05, 0) is 6.92 Å². The van der Waals surface area contributed by atoms with Gasteiger partial charge in [0, 0.05) is 18.9 Å². The van der Waals surface area contributed by atoms with Crippen molar-refractivity contribution in [1.29, 1.82) is 0 Å². The van der Waals surface area contributed by atoms with E-state index in [0.29, 0.717) is 6.54 Å². The lowest BCUT2D eigenvalue weighted by Gasteiger charge is -2.30. The Morgan fingerprint density at radius 1 is 1.71 bits per heavy atom. The molecule has 0 radical (unpaired) electrons. The third-order valence-corrected chi connectivity index (χ3v) is 2.06. The highest BCUT2D eigenvalue weighted by Crippen LogP contribution is 2.13. The summed E-state index contributed by atoms with van der Waals surface area (Å²) in [5, 5.41) is 3.82. The Hall–Kier alpha value is -1.78. The highest BCUT2D eigenvalue weighted by atomic mass is 16.2. The number of amides is 1. The van der Waals surface area contributed by atoms with Crippen LogP contribution in [0.4, 0.5) is 0 Å². The van der Waals surface area contributed by atoms with E-state index in [1.54, 1.807) is 22.3 Å². The van der Waals surface area contributed by atoms with Crippen LogP contribution in [-0.4, -0.2) is 34.8 Å². The van der Waals surface area contributed by atoms with Crippen LogP contribution in [0.5, 0.6) is 0 Å². The van der Waals surface area contributed by atoms with Gasteiger partial charge in [-0.25, -0.2) is 0 Å². The average molecular weight is 192 g/mol. The fraction of sp³-hybridized carbons (Fsp3) is 0.333. The Morgan fingerprint density at radius 2 is 2.50 bits per heavy atom. The second kappa shape index (κ2) is 3.17. The second-order valence-corrected chi connectivity index (χ2v) is 3.44. The number of nitrogens with one attached hydrogen (secondary N) is 1. The topological polar surface area (TPSA) is 47.9 Å². The molecule has 0 spiro atoms. The maximum absolute atomic E-state index is 11.8. The van der Waals surface area contributed by atoms with Gasteiger partial charge in [0.2, 0.25) is 6.17 Å². The van der Waals surface area contributed by atoms with E-state index < -0.39 is 0 Å². The van der Waals surface area contributed by atoms with Gasteiger partial charge in [0.15, 0.2) is 0 Å². The third-order valence-electron chi connectivity index (χ3n) is 2.06. The van der Waals surface area contributed by atoms with Gasteiger partial charge in [0.05, 0.1) is 0 Å². The molecule has 1 N–H and O–H groups in total. The highest BCUT2D eigenvalue weighted by Gasteiger charge is 2.32. The zero-order chi connectivity index (χ0) is 10.1. The van der Waals surface area contributed by atoms with Gasteiger partial charge in [-0.3, -0.25) is 10.2 Å². The average Bonchev–Trinajstić information content (AvgIpc) is 2.57. The van der Waals surface area contributed by atoms with Gasteiger partial charge in [-0.1, -0.05) is 12.2 Å².